The van der Waals surface area contributed by atoms with Crippen molar-refractivity contribution in [2.45, 2.75) is 46.8 Å². The number of ether oxygens (including phenoxy) is 2. The molecule has 0 spiro atoms. The molecule has 1 amide bonds. The third-order valence-electron chi connectivity index (χ3n) is 6.26. The number of amides is 1. The molecule has 1 aliphatic carbocycles. The first-order valence-electron chi connectivity index (χ1n) is 9.63. The van der Waals surface area contributed by atoms with Crippen molar-refractivity contribution >= 4 is 6.09 Å². The number of nitrogens with one attached hydrogen (secondary N) is 1. The lowest BCUT2D eigenvalue weighted by atomic mass is 9.56. The lowest BCUT2D eigenvalue weighted by Gasteiger charge is -2.55. The lowest BCUT2D eigenvalue weighted by molar-refractivity contribution is -0.165. The molecule has 0 aromatic heterocycles. The highest BCUT2D eigenvalue weighted by atomic mass is 16.6. The number of fused-ring (bicyclic) bond motifs is 2. The van der Waals surface area contributed by atoms with Gasteiger partial charge in [0.15, 0.2) is 0 Å². The van der Waals surface area contributed by atoms with Gasteiger partial charge in [0.25, 0.3) is 0 Å². The SMILES string of the molecule is CC1=C[C@@H](C)[C@]2(COC(=O)NC(C)C)CO[C@H](c3ccccc3)[C@H]1[C@H]2C. The Morgan fingerprint density at radius 2 is 2.00 bits per heavy atom. The summed E-state index contributed by atoms with van der Waals surface area (Å²) in [6, 6.07) is 10.5. The molecule has 1 N–H and O–H groups in total. The molecule has 142 valence electrons. The number of carbonyl (C=O) groups is 1. The van der Waals surface area contributed by atoms with Crippen molar-refractivity contribution in [2.75, 3.05) is 13.2 Å². The van der Waals surface area contributed by atoms with Crippen LogP contribution in [0.1, 0.15) is 46.3 Å². The lowest BCUT2D eigenvalue weighted by Crippen LogP contribution is -2.55. The van der Waals surface area contributed by atoms with Gasteiger partial charge >= 0.3 is 6.09 Å². The van der Waals surface area contributed by atoms with Crippen LogP contribution in [0, 0.1) is 23.2 Å². The fourth-order valence-corrected chi connectivity index (χ4v) is 4.68. The maximum absolute atomic E-state index is 12.0. The average molecular weight is 357 g/mol. The van der Waals surface area contributed by atoms with Gasteiger partial charge in [-0.2, -0.15) is 0 Å². The molecule has 1 aromatic rings. The monoisotopic (exact) mass is 357 g/mol. The molecular formula is C22H31NO3. The van der Waals surface area contributed by atoms with Crippen LogP contribution in [0.4, 0.5) is 4.79 Å². The normalized spacial score (nSPS) is 33.5. The topological polar surface area (TPSA) is 47.6 Å². The standard InChI is InChI=1S/C22H31NO3/c1-14(2)23-21(24)26-13-22-12-25-20(18-9-7-6-8-10-18)19(17(22)5)15(3)11-16(22)4/h6-11,14,16-17,19-20H,12-13H2,1-5H3,(H,23,24)/t16-,17-,19-,20-,22-/m1/s1. The summed E-state index contributed by atoms with van der Waals surface area (Å²) in [5.74, 6) is 0.977. The van der Waals surface area contributed by atoms with Crippen LogP contribution >= 0.6 is 0 Å². The molecule has 4 heteroatoms. The van der Waals surface area contributed by atoms with Gasteiger partial charge in [0.1, 0.15) is 6.61 Å². The van der Waals surface area contributed by atoms with Crippen molar-refractivity contribution in [3.8, 4) is 0 Å². The second kappa shape index (κ2) is 7.43. The fraction of sp³-hybridized carbons (Fsp3) is 0.591. The highest BCUT2D eigenvalue weighted by molar-refractivity contribution is 5.67. The molecule has 0 radical (unpaired) electrons. The Labute approximate surface area is 157 Å². The van der Waals surface area contributed by atoms with Crippen molar-refractivity contribution in [3.05, 3.63) is 47.5 Å². The van der Waals surface area contributed by atoms with Crippen molar-refractivity contribution in [1.82, 2.24) is 5.32 Å². The molecule has 1 aliphatic heterocycles. The number of benzene rings is 1. The molecule has 0 unspecified atom stereocenters. The number of allylic oxidation sites excluding steroid dienone is 1. The predicted molar refractivity (Wildman–Crippen MR) is 103 cm³/mol. The van der Waals surface area contributed by atoms with E-state index in [9.17, 15) is 4.79 Å². The van der Waals surface area contributed by atoms with Crippen LogP contribution in [0.2, 0.25) is 0 Å². The minimum atomic E-state index is -0.346. The van der Waals surface area contributed by atoms with Crippen LogP contribution in [0.3, 0.4) is 0 Å². The van der Waals surface area contributed by atoms with E-state index in [1.54, 1.807) is 0 Å². The Bertz CT molecular complexity index is 669. The second-order valence-corrected chi connectivity index (χ2v) is 8.26. The van der Waals surface area contributed by atoms with E-state index in [1.165, 1.54) is 11.1 Å². The van der Waals surface area contributed by atoms with Gasteiger partial charge < -0.3 is 14.8 Å². The molecule has 5 atom stereocenters. The van der Waals surface area contributed by atoms with Gasteiger partial charge in [0, 0.05) is 17.4 Å². The summed E-state index contributed by atoms with van der Waals surface area (Å²) in [7, 11) is 0. The second-order valence-electron chi connectivity index (χ2n) is 8.26. The molecule has 4 nitrogen and oxygen atoms in total. The van der Waals surface area contributed by atoms with Crippen LogP contribution in [-0.2, 0) is 9.47 Å². The summed E-state index contributed by atoms with van der Waals surface area (Å²) in [6.45, 7) is 11.6. The van der Waals surface area contributed by atoms with E-state index in [0.29, 0.717) is 31.0 Å². The van der Waals surface area contributed by atoms with E-state index in [2.05, 4.69) is 56.4 Å². The Hall–Kier alpha value is -1.81. The highest BCUT2D eigenvalue weighted by Gasteiger charge is 2.54. The summed E-state index contributed by atoms with van der Waals surface area (Å²) in [5, 5.41) is 2.81. The number of rotatable bonds is 4. The summed E-state index contributed by atoms with van der Waals surface area (Å²) in [4.78, 5) is 12.0. The Morgan fingerprint density at radius 3 is 2.65 bits per heavy atom. The minimum absolute atomic E-state index is 0.0626. The molecule has 3 rings (SSSR count). The number of carbonyl (C=O) groups excluding carboxylic acids is 1. The van der Waals surface area contributed by atoms with E-state index in [0.717, 1.165) is 0 Å². The van der Waals surface area contributed by atoms with Crippen LogP contribution in [0.15, 0.2) is 42.0 Å². The van der Waals surface area contributed by atoms with Crippen LogP contribution < -0.4 is 5.32 Å². The van der Waals surface area contributed by atoms with E-state index >= 15 is 0 Å². The highest BCUT2D eigenvalue weighted by Crippen LogP contribution is 2.56. The Balaban J connectivity index is 1.84. The third kappa shape index (κ3) is 3.39. The summed E-state index contributed by atoms with van der Waals surface area (Å²) >= 11 is 0. The van der Waals surface area contributed by atoms with Crippen molar-refractivity contribution in [1.29, 1.82) is 0 Å². The van der Waals surface area contributed by atoms with Gasteiger partial charge in [0.2, 0.25) is 0 Å². The van der Waals surface area contributed by atoms with Gasteiger partial charge in [-0.1, -0.05) is 55.8 Å². The number of hydrogen-bond acceptors (Lipinski definition) is 3. The fourth-order valence-electron chi connectivity index (χ4n) is 4.68. The summed E-state index contributed by atoms with van der Waals surface area (Å²) in [6.07, 6.45) is 2.07. The maximum atomic E-state index is 12.0. The van der Waals surface area contributed by atoms with Gasteiger partial charge in [-0.25, -0.2) is 4.79 Å². The molecule has 1 saturated heterocycles. The molecule has 2 aliphatic rings. The molecule has 0 saturated carbocycles. The zero-order chi connectivity index (χ0) is 18.9. The average Bonchev–Trinajstić information content (AvgIpc) is 2.59. The van der Waals surface area contributed by atoms with Gasteiger partial charge in [-0.3, -0.25) is 0 Å². The van der Waals surface area contributed by atoms with Gasteiger partial charge in [0.05, 0.1) is 12.7 Å². The number of hydrogen-bond donors (Lipinski definition) is 1. The minimum Gasteiger partial charge on any atom is -0.449 e. The predicted octanol–water partition coefficient (Wildman–Crippen LogP) is 4.73. The largest absolute Gasteiger partial charge is 0.449 e. The van der Waals surface area contributed by atoms with Crippen molar-refractivity contribution in [2.24, 2.45) is 23.2 Å². The van der Waals surface area contributed by atoms with E-state index in [1.807, 2.05) is 19.9 Å². The van der Waals surface area contributed by atoms with Crippen LogP contribution in [0.25, 0.3) is 0 Å². The van der Waals surface area contributed by atoms with Crippen molar-refractivity contribution < 1.29 is 14.3 Å². The van der Waals surface area contributed by atoms with E-state index in [-0.39, 0.29) is 23.7 Å². The van der Waals surface area contributed by atoms with Crippen LogP contribution in [0.5, 0.6) is 0 Å². The molecule has 26 heavy (non-hydrogen) atoms. The number of alkyl carbamates (subject to hydrolysis) is 1. The quantitative estimate of drug-likeness (QED) is 0.793. The first-order chi connectivity index (χ1) is 12.3. The molecule has 2 bridgehead atoms. The zero-order valence-electron chi connectivity index (χ0n) is 16.5. The summed E-state index contributed by atoms with van der Waals surface area (Å²) in [5.41, 5.74) is 2.42. The first-order valence-corrected chi connectivity index (χ1v) is 9.63. The maximum Gasteiger partial charge on any atom is 0.407 e. The molecule has 1 aromatic carbocycles. The van der Waals surface area contributed by atoms with Gasteiger partial charge in [-0.15, -0.1) is 0 Å². The first kappa shape index (κ1) is 19.0. The Morgan fingerprint density at radius 1 is 1.31 bits per heavy atom. The zero-order valence-corrected chi connectivity index (χ0v) is 16.5. The molecular weight excluding hydrogens is 326 g/mol. The van der Waals surface area contributed by atoms with Gasteiger partial charge in [-0.05, 0) is 38.2 Å². The smallest absolute Gasteiger partial charge is 0.407 e. The summed E-state index contributed by atoms with van der Waals surface area (Å²) < 4.78 is 12.0. The molecule has 1 fully saturated rings. The van der Waals surface area contributed by atoms with Crippen LogP contribution in [-0.4, -0.2) is 25.3 Å². The van der Waals surface area contributed by atoms with E-state index < -0.39 is 0 Å². The molecule has 1 heterocycles. The van der Waals surface area contributed by atoms with Crippen molar-refractivity contribution in [3.63, 3.8) is 0 Å². The van der Waals surface area contributed by atoms with E-state index in [4.69, 9.17) is 9.47 Å². The third-order valence-corrected chi connectivity index (χ3v) is 6.26. The Kier molecular flexibility index (Phi) is 5.42.